The highest BCUT2D eigenvalue weighted by molar-refractivity contribution is 7.84. The van der Waals surface area contributed by atoms with E-state index in [0.29, 0.717) is 22.0 Å². The lowest BCUT2D eigenvalue weighted by Crippen LogP contribution is -2.69. The number of carbonyl (C=O) groups excluding carboxylic acids is 3. The molecule has 134 valence electrons. The van der Waals surface area contributed by atoms with E-state index in [2.05, 4.69) is 10.7 Å². The van der Waals surface area contributed by atoms with E-state index in [0.717, 1.165) is 0 Å². The van der Waals surface area contributed by atoms with Gasteiger partial charge in [-0.25, -0.2) is 14.1 Å². The van der Waals surface area contributed by atoms with Gasteiger partial charge in [-0.3, -0.25) is 19.6 Å². The van der Waals surface area contributed by atoms with Crippen molar-refractivity contribution in [2.45, 2.75) is 18.5 Å². The molecule has 12 heteroatoms. The number of nitrogens with two attached hydrogens (primary N) is 1. The van der Waals surface area contributed by atoms with Crippen LogP contribution in [0.3, 0.4) is 0 Å². The number of nitrogens with one attached hydrogen (secondary N) is 2. The molecule has 0 spiro atoms. The van der Waals surface area contributed by atoms with E-state index >= 15 is 0 Å². The fourth-order valence-corrected chi connectivity index (χ4v) is 3.85. The Morgan fingerprint density at radius 3 is 2.44 bits per heavy atom. The Morgan fingerprint density at radius 2 is 1.88 bits per heavy atom. The molecule has 2 atom stereocenters. The van der Waals surface area contributed by atoms with Crippen molar-refractivity contribution in [3.05, 3.63) is 29.8 Å². The number of fused-ring (bicyclic) bond motifs is 1. The van der Waals surface area contributed by atoms with Gasteiger partial charge in [0.2, 0.25) is 5.91 Å². The molecule has 2 aliphatic heterocycles. The van der Waals surface area contributed by atoms with Gasteiger partial charge in [0.25, 0.3) is 5.91 Å². The van der Waals surface area contributed by atoms with Gasteiger partial charge in [-0.05, 0) is 30.7 Å². The minimum atomic E-state index is -4.59. The molecule has 2 aliphatic rings. The maximum absolute atomic E-state index is 12.0. The van der Waals surface area contributed by atoms with Crippen molar-refractivity contribution in [2.75, 3.05) is 11.9 Å². The number of carbonyl (C=O) groups is 3. The van der Waals surface area contributed by atoms with Gasteiger partial charge in [-0.15, -0.1) is 0 Å². The number of nitrogens with zero attached hydrogens (tertiary/aromatic N) is 2. The zero-order chi connectivity index (χ0) is 18.4. The lowest BCUT2D eigenvalue weighted by molar-refractivity contribution is -0.145. The monoisotopic (exact) mass is 369 g/mol. The van der Waals surface area contributed by atoms with Crippen molar-refractivity contribution in [1.29, 1.82) is 0 Å². The molecule has 3 rings (SSSR count). The lowest BCUT2D eigenvalue weighted by Gasteiger charge is -2.42. The summed E-state index contributed by atoms with van der Waals surface area (Å²) >= 11 is 0. The van der Waals surface area contributed by atoms with Crippen LogP contribution in [0, 0.1) is 0 Å². The third kappa shape index (κ3) is 3.14. The third-order valence-electron chi connectivity index (χ3n) is 4.06. The van der Waals surface area contributed by atoms with E-state index in [1.54, 1.807) is 0 Å². The summed E-state index contributed by atoms with van der Waals surface area (Å²) in [7, 11) is -4.59. The second-order valence-corrected chi connectivity index (χ2v) is 6.90. The Kier molecular flexibility index (Phi) is 4.10. The maximum atomic E-state index is 12.0. The van der Waals surface area contributed by atoms with E-state index in [-0.39, 0.29) is 6.54 Å². The predicted molar refractivity (Wildman–Crippen MR) is 84.4 cm³/mol. The van der Waals surface area contributed by atoms with Crippen LogP contribution in [0.2, 0.25) is 0 Å². The highest BCUT2D eigenvalue weighted by Crippen LogP contribution is 2.34. The summed E-state index contributed by atoms with van der Waals surface area (Å²) in [5.74, 6) is -1.39. The Balaban J connectivity index is 1.59. The molecule has 0 bridgehead atoms. The molecule has 0 saturated carbocycles. The lowest BCUT2D eigenvalue weighted by atomic mass is 10.0. The fourth-order valence-electron chi connectivity index (χ4n) is 2.95. The van der Waals surface area contributed by atoms with E-state index in [9.17, 15) is 22.8 Å². The average molecular weight is 369 g/mol. The number of hydrogen-bond acceptors (Lipinski definition) is 6. The van der Waals surface area contributed by atoms with Gasteiger partial charge < -0.3 is 11.1 Å². The second kappa shape index (κ2) is 5.98. The number of hydrazine groups is 1. The van der Waals surface area contributed by atoms with E-state index in [4.69, 9.17) is 10.3 Å². The second-order valence-electron chi connectivity index (χ2n) is 5.61. The molecule has 0 unspecified atom stereocenters. The molecular formula is C13H15N5O6S. The largest absolute Gasteiger partial charge is 0.366 e. The average Bonchev–Trinajstić information content (AvgIpc) is 2.83. The number of primary amides is 1. The predicted octanol–water partition coefficient (Wildman–Crippen LogP) is -1.09. The van der Waals surface area contributed by atoms with Crippen LogP contribution < -0.4 is 16.5 Å². The molecular weight excluding hydrogens is 354 g/mol. The fraction of sp³-hybridized carbons (Fsp3) is 0.308. The molecule has 25 heavy (non-hydrogen) atoms. The zero-order valence-electron chi connectivity index (χ0n) is 12.7. The third-order valence-corrected chi connectivity index (χ3v) is 5.01. The van der Waals surface area contributed by atoms with E-state index < -0.39 is 40.2 Å². The summed E-state index contributed by atoms with van der Waals surface area (Å²) in [6.07, 6.45) is 0.295. The maximum Gasteiger partial charge on any atom is 0.362 e. The van der Waals surface area contributed by atoms with Gasteiger partial charge in [0, 0.05) is 17.8 Å². The highest BCUT2D eigenvalue weighted by Gasteiger charge is 2.59. The van der Waals surface area contributed by atoms with Crippen molar-refractivity contribution >= 4 is 33.8 Å². The number of hydrogen-bond donors (Lipinski definition) is 4. The first kappa shape index (κ1) is 17.1. The summed E-state index contributed by atoms with van der Waals surface area (Å²) in [5, 5.41) is 3.84. The summed E-state index contributed by atoms with van der Waals surface area (Å²) in [6.45, 7) is 0.251. The minimum Gasteiger partial charge on any atom is -0.366 e. The van der Waals surface area contributed by atoms with Gasteiger partial charge in [0.05, 0.1) is 6.04 Å². The van der Waals surface area contributed by atoms with Crippen LogP contribution in [0.5, 0.6) is 0 Å². The summed E-state index contributed by atoms with van der Waals surface area (Å²) in [4.78, 5) is 34.9. The Morgan fingerprint density at radius 1 is 1.24 bits per heavy atom. The van der Waals surface area contributed by atoms with E-state index in [1.165, 1.54) is 29.3 Å². The number of urea groups is 1. The highest BCUT2D eigenvalue weighted by atomic mass is 32.2. The van der Waals surface area contributed by atoms with Crippen molar-refractivity contribution in [3.8, 4) is 0 Å². The van der Waals surface area contributed by atoms with Crippen LogP contribution in [0.4, 0.5) is 10.5 Å². The first-order valence-electron chi connectivity index (χ1n) is 7.23. The quantitative estimate of drug-likeness (QED) is 0.387. The molecule has 1 aromatic rings. The van der Waals surface area contributed by atoms with Gasteiger partial charge in [-0.1, -0.05) is 0 Å². The number of benzene rings is 1. The Bertz CT molecular complexity index is 839. The number of β-lactam (4-membered cyclic amide) rings is 1. The van der Waals surface area contributed by atoms with Crippen LogP contribution in [-0.4, -0.2) is 58.8 Å². The van der Waals surface area contributed by atoms with Crippen molar-refractivity contribution in [1.82, 2.24) is 14.7 Å². The molecule has 2 saturated heterocycles. The molecule has 11 nitrogen and oxygen atoms in total. The van der Waals surface area contributed by atoms with Crippen LogP contribution in [-0.2, 0) is 15.1 Å². The van der Waals surface area contributed by atoms with Crippen LogP contribution in [0.15, 0.2) is 24.3 Å². The van der Waals surface area contributed by atoms with Crippen molar-refractivity contribution in [2.24, 2.45) is 5.73 Å². The smallest absolute Gasteiger partial charge is 0.362 e. The zero-order valence-corrected chi connectivity index (χ0v) is 13.6. The number of anilines is 1. The van der Waals surface area contributed by atoms with Crippen LogP contribution in [0.25, 0.3) is 0 Å². The van der Waals surface area contributed by atoms with Crippen LogP contribution >= 0.6 is 0 Å². The normalized spacial score (nSPS) is 22.9. The molecule has 0 aliphatic carbocycles. The summed E-state index contributed by atoms with van der Waals surface area (Å²) < 4.78 is 31.7. The molecule has 2 fully saturated rings. The van der Waals surface area contributed by atoms with Gasteiger partial charge in [0.1, 0.15) is 6.04 Å². The van der Waals surface area contributed by atoms with Crippen molar-refractivity contribution in [3.63, 3.8) is 0 Å². The first-order chi connectivity index (χ1) is 11.7. The number of rotatable bonds is 4. The Hall–Kier alpha value is -2.70. The topological polar surface area (TPSA) is 162 Å². The van der Waals surface area contributed by atoms with Gasteiger partial charge >= 0.3 is 16.3 Å². The molecule has 4 amide bonds. The molecule has 0 aromatic heterocycles. The molecule has 1 aromatic carbocycles. The summed E-state index contributed by atoms with van der Waals surface area (Å²) in [5.41, 5.74) is 8.28. The van der Waals surface area contributed by atoms with Crippen LogP contribution in [0.1, 0.15) is 16.8 Å². The SMILES string of the molecule is NC(=O)c1ccc(NC(=O)NN2CC[C@@H]3[C@H]2C(=O)N3S(=O)(=O)O)cc1. The summed E-state index contributed by atoms with van der Waals surface area (Å²) in [6, 6.07) is 3.71. The molecule has 2 heterocycles. The molecule has 0 radical (unpaired) electrons. The Labute approximate surface area is 142 Å². The van der Waals surface area contributed by atoms with Gasteiger partial charge in [0.15, 0.2) is 0 Å². The van der Waals surface area contributed by atoms with Gasteiger partial charge in [-0.2, -0.15) is 8.42 Å². The van der Waals surface area contributed by atoms with E-state index in [1.807, 2.05) is 0 Å². The standard InChI is InChI=1S/C13H15N5O6S/c14-11(19)7-1-3-8(4-2-7)15-13(21)16-17-6-5-9-10(17)12(20)18(9)25(22,23)24/h1-4,9-10H,5-6H2,(H2,14,19)(H2,15,16,21)(H,22,23,24)/t9-,10+/m1/s1. The first-order valence-corrected chi connectivity index (χ1v) is 8.63. The molecule has 5 N–H and O–H groups in total. The minimum absolute atomic E-state index is 0.251. The number of amides is 4. The van der Waals surface area contributed by atoms with Crippen molar-refractivity contribution < 1.29 is 27.4 Å².